The third-order valence-electron chi connectivity index (χ3n) is 1.15. The second-order valence-corrected chi connectivity index (χ2v) is 6.12. The molecule has 0 atom stereocenters. The molecule has 0 spiro atoms. The van der Waals surface area contributed by atoms with E-state index in [1.807, 2.05) is 6.92 Å². The van der Waals surface area contributed by atoms with Crippen molar-refractivity contribution in [2.75, 3.05) is 0 Å². The molecule has 0 fully saturated rings. The van der Waals surface area contributed by atoms with E-state index in [-0.39, 0.29) is 20.9 Å². The molecule has 0 amide bonds. The van der Waals surface area contributed by atoms with Gasteiger partial charge < -0.3 is 0 Å². The van der Waals surface area contributed by atoms with Gasteiger partial charge in [-0.3, -0.25) is 0 Å². The van der Waals surface area contributed by atoms with E-state index < -0.39 is 5.97 Å². The number of aliphatic carboxylic acids is 1. The van der Waals surface area contributed by atoms with Crippen molar-refractivity contribution in [3.63, 3.8) is 0 Å². The van der Waals surface area contributed by atoms with Crippen molar-refractivity contribution in [2.45, 2.75) is 31.2 Å². The average molecular weight is 270 g/mol. The van der Waals surface area contributed by atoms with E-state index in [4.69, 9.17) is 5.11 Å². The number of allylic oxidation sites excluding steroid dienone is 1. The second kappa shape index (κ2) is 6.69. The van der Waals surface area contributed by atoms with Crippen molar-refractivity contribution in [1.29, 1.82) is 0 Å². The van der Waals surface area contributed by atoms with Crippen LogP contribution in [0.1, 0.15) is 26.7 Å². The Morgan fingerprint density at radius 1 is 1.64 bits per heavy atom. The van der Waals surface area contributed by atoms with E-state index >= 15 is 0 Å². The predicted molar refractivity (Wildman–Crippen MR) is 46.9 cm³/mol. The van der Waals surface area contributed by atoms with Crippen LogP contribution >= 0.6 is 0 Å². The third-order valence-corrected chi connectivity index (χ3v) is 4.20. The molecule has 0 saturated carbocycles. The zero-order valence-electron chi connectivity index (χ0n) is 6.96. The number of carbonyl (C=O) groups is 1. The van der Waals surface area contributed by atoms with Gasteiger partial charge in [-0.1, -0.05) is 0 Å². The molecular formula is C8H14O2Te. The Balaban J connectivity index is 3.51. The van der Waals surface area contributed by atoms with Gasteiger partial charge in [-0.15, -0.1) is 0 Å². The predicted octanol–water partition coefficient (Wildman–Crippen LogP) is 1.90. The van der Waals surface area contributed by atoms with Crippen molar-refractivity contribution >= 4 is 26.9 Å². The van der Waals surface area contributed by atoms with Crippen LogP contribution in [0.15, 0.2) is 9.70 Å². The molecule has 3 heteroatoms. The average Bonchev–Trinajstić information content (AvgIpc) is 1.86. The topological polar surface area (TPSA) is 37.3 Å². The number of hydrogen-bond acceptors (Lipinski definition) is 1. The summed E-state index contributed by atoms with van der Waals surface area (Å²) in [7, 11) is 0. The monoisotopic (exact) mass is 272 g/mol. The van der Waals surface area contributed by atoms with Crippen LogP contribution in [0.3, 0.4) is 0 Å². The van der Waals surface area contributed by atoms with Gasteiger partial charge in [0.15, 0.2) is 0 Å². The Morgan fingerprint density at radius 3 is 2.73 bits per heavy atom. The van der Waals surface area contributed by atoms with E-state index in [1.54, 1.807) is 0 Å². The van der Waals surface area contributed by atoms with Gasteiger partial charge >= 0.3 is 77.6 Å². The van der Waals surface area contributed by atoms with Gasteiger partial charge in [0.1, 0.15) is 0 Å². The van der Waals surface area contributed by atoms with Gasteiger partial charge in [-0.2, -0.15) is 0 Å². The molecule has 0 aromatic heterocycles. The summed E-state index contributed by atoms with van der Waals surface area (Å²) in [5, 5.41) is 8.38. The Kier molecular flexibility index (Phi) is 6.69. The van der Waals surface area contributed by atoms with Crippen LogP contribution in [0.25, 0.3) is 0 Å². The van der Waals surface area contributed by atoms with Gasteiger partial charge in [-0.25, -0.2) is 0 Å². The van der Waals surface area contributed by atoms with Crippen molar-refractivity contribution in [3.05, 3.63) is 9.70 Å². The fraction of sp³-hybridized carbons (Fsp3) is 0.625. The molecule has 2 nitrogen and oxygen atoms in total. The fourth-order valence-electron chi connectivity index (χ4n) is 0.593. The molecule has 0 heterocycles. The minimum atomic E-state index is -0.802. The standard InChI is InChI=1S/C8H14O2Te/c1-3-4-5-11-7(2)6-8(9)10/h6H,3-5H2,1-2H3,(H,9,10)/b7-6-. The summed E-state index contributed by atoms with van der Waals surface area (Å²) >= 11 is -0.164. The quantitative estimate of drug-likeness (QED) is 0.470. The molecule has 11 heavy (non-hydrogen) atoms. The third kappa shape index (κ3) is 7.90. The summed E-state index contributed by atoms with van der Waals surface area (Å²) in [6.45, 7) is 4.08. The molecule has 0 aliphatic carbocycles. The molecular weight excluding hydrogens is 256 g/mol. The first-order chi connectivity index (χ1) is 5.16. The second-order valence-electron chi connectivity index (χ2n) is 2.30. The van der Waals surface area contributed by atoms with Gasteiger partial charge in [0.2, 0.25) is 0 Å². The van der Waals surface area contributed by atoms with Crippen LogP contribution in [0, 0.1) is 0 Å². The van der Waals surface area contributed by atoms with Gasteiger partial charge in [-0.05, 0) is 0 Å². The van der Waals surface area contributed by atoms with Crippen LogP contribution in [-0.2, 0) is 4.79 Å². The molecule has 0 aromatic rings. The van der Waals surface area contributed by atoms with E-state index in [0.29, 0.717) is 0 Å². The van der Waals surface area contributed by atoms with Crippen molar-refractivity contribution < 1.29 is 9.90 Å². The first-order valence-electron chi connectivity index (χ1n) is 3.70. The molecule has 0 bridgehead atoms. The summed E-state index contributed by atoms with van der Waals surface area (Å²) in [4.78, 5) is 10.2. The summed E-state index contributed by atoms with van der Waals surface area (Å²) in [5.74, 6) is -0.802. The first kappa shape index (κ1) is 11.0. The zero-order chi connectivity index (χ0) is 8.69. The number of carboxylic acids is 1. The van der Waals surface area contributed by atoms with Gasteiger partial charge in [0, 0.05) is 0 Å². The normalized spacial score (nSPS) is 11.6. The number of rotatable bonds is 5. The maximum atomic E-state index is 10.2. The summed E-state index contributed by atoms with van der Waals surface area (Å²) in [6, 6.07) is 0. The van der Waals surface area contributed by atoms with Crippen molar-refractivity contribution in [3.8, 4) is 0 Å². The molecule has 0 aromatic carbocycles. The van der Waals surface area contributed by atoms with Crippen LogP contribution in [0.5, 0.6) is 0 Å². The van der Waals surface area contributed by atoms with E-state index in [9.17, 15) is 4.79 Å². The number of hydrogen-bond donors (Lipinski definition) is 1. The van der Waals surface area contributed by atoms with Crippen molar-refractivity contribution in [2.24, 2.45) is 0 Å². The first-order valence-corrected chi connectivity index (χ1v) is 6.52. The van der Waals surface area contributed by atoms with Crippen LogP contribution in [0.4, 0.5) is 0 Å². The molecule has 1 N–H and O–H groups in total. The van der Waals surface area contributed by atoms with Gasteiger partial charge in [0.25, 0.3) is 0 Å². The summed E-state index contributed by atoms with van der Waals surface area (Å²) in [6.07, 6.45) is 3.80. The molecule has 0 saturated heterocycles. The molecule has 0 rings (SSSR count). The maximum absolute atomic E-state index is 10.2. The van der Waals surface area contributed by atoms with E-state index in [1.165, 1.54) is 23.4 Å². The van der Waals surface area contributed by atoms with E-state index in [0.717, 1.165) is 3.62 Å². The zero-order valence-corrected chi connectivity index (χ0v) is 9.29. The van der Waals surface area contributed by atoms with Gasteiger partial charge in [0.05, 0.1) is 0 Å². The summed E-state index contributed by atoms with van der Waals surface area (Å²) < 4.78 is 2.33. The number of carboxylic acid groups (broad SMARTS) is 1. The van der Waals surface area contributed by atoms with E-state index in [2.05, 4.69) is 6.92 Å². The number of unbranched alkanes of at least 4 members (excludes halogenated alkanes) is 1. The molecule has 64 valence electrons. The Morgan fingerprint density at radius 2 is 2.27 bits per heavy atom. The summed E-state index contributed by atoms with van der Waals surface area (Å²) in [5.41, 5.74) is 0. The Bertz CT molecular complexity index is 152. The fourth-order valence-corrected chi connectivity index (χ4v) is 3.27. The minimum absolute atomic E-state index is 0.164. The van der Waals surface area contributed by atoms with Crippen LogP contribution in [-0.4, -0.2) is 32.0 Å². The van der Waals surface area contributed by atoms with Crippen molar-refractivity contribution in [1.82, 2.24) is 0 Å². The molecule has 0 radical (unpaired) electrons. The molecule has 0 unspecified atom stereocenters. The SMILES string of the molecule is CCCC[Te]/C(C)=C\C(=O)O. The van der Waals surface area contributed by atoms with Crippen LogP contribution in [0.2, 0.25) is 4.47 Å². The van der Waals surface area contributed by atoms with Crippen LogP contribution < -0.4 is 0 Å². The molecule has 0 aliphatic heterocycles. The Hall–Kier alpha value is -0.000390. The Labute approximate surface area is 77.8 Å². The molecule has 0 aliphatic rings.